The third kappa shape index (κ3) is 1.93. The van der Waals surface area contributed by atoms with Crippen molar-refractivity contribution in [2.45, 2.75) is 5.88 Å². The summed E-state index contributed by atoms with van der Waals surface area (Å²) in [6, 6.07) is 4.20. The highest BCUT2D eigenvalue weighted by Gasteiger charge is 2.08. The number of aromatic nitrogens is 4. The molecule has 4 nitrogen and oxygen atoms in total. The van der Waals surface area contributed by atoms with E-state index in [2.05, 4.69) is 15.5 Å². The van der Waals surface area contributed by atoms with E-state index in [1.54, 1.807) is 0 Å². The van der Waals surface area contributed by atoms with Crippen molar-refractivity contribution in [3.63, 3.8) is 0 Å². The van der Waals surface area contributed by atoms with E-state index in [1.807, 2.05) is 0 Å². The lowest BCUT2D eigenvalue weighted by Gasteiger charge is -2.02. The first-order chi connectivity index (χ1) is 7.22. The van der Waals surface area contributed by atoms with Gasteiger partial charge >= 0.3 is 0 Å². The maximum atomic E-state index is 12.9. The maximum absolute atomic E-state index is 12.9. The van der Waals surface area contributed by atoms with E-state index in [4.69, 9.17) is 23.2 Å². The Morgan fingerprint density at radius 3 is 2.87 bits per heavy atom. The van der Waals surface area contributed by atoms with Crippen LogP contribution in [-0.4, -0.2) is 20.2 Å². The minimum absolute atomic E-state index is 0.0172. The van der Waals surface area contributed by atoms with Crippen molar-refractivity contribution in [3.05, 3.63) is 34.9 Å². The Morgan fingerprint density at radius 1 is 1.40 bits per heavy atom. The highest BCUT2D eigenvalue weighted by atomic mass is 35.5. The highest BCUT2D eigenvalue weighted by molar-refractivity contribution is 6.30. The van der Waals surface area contributed by atoms with Crippen molar-refractivity contribution in [1.29, 1.82) is 0 Å². The normalized spacial score (nSPS) is 10.6. The van der Waals surface area contributed by atoms with Crippen LogP contribution in [0.2, 0.25) is 5.02 Å². The molecular weight excluding hydrogens is 242 g/mol. The van der Waals surface area contributed by atoms with E-state index in [1.165, 1.54) is 22.9 Å². The van der Waals surface area contributed by atoms with Crippen LogP contribution >= 0.6 is 23.2 Å². The van der Waals surface area contributed by atoms with Gasteiger partial charge in [-0.2, -0.15) is 4.68 Å². The average molecular weight is 247 g/mol. The number of hydrogen-bond acceptors (Lipinski definition) is 3. The van der Waals surface area contributed by atoms with Crippen LogP contribution < -0.4 is 0 Å². The molecule has 0 N–H and O–H groups in total. The lowest BCUT2D eigenvalue weighted by atomic mass is 10.3. The first-order valence-corrected chi connectivity index (χ1v) is 4.92. The van der Waals surface area contributed by atoms with Gasteiger partial charge in [-0.1, -0.05) is 11.6 Å². The maximum Gasteiger partial charge on any atom is 0.171 e. The molecule has 1 aromatic carbocycles. The SMILES string of the molecule is Fc1ccc(-n2nnnc2CCl)cc1Cl. The molecule has 0 bridgehead atoms. The Kier molecular flexibility index (Phi) is 2.83. The molecule has 0 unspecified atom stereocenters. The van der Waals surface area contributed by atoms with Gasteiger partial charge < -0.3 is 0 Å². The molecular formula is C8H5Cl2FN4. The zero-order chi connectivity index (χ0) is 10.8. The van der Waals surface area contributed by atoms with E-state index in [-0.39, 0.29) is 10.9 Å². The number of tetrazole rings is 1. The third-order valence-corrected chi connectivity index (χ3v) is 2.33. The molecule has 0 saturated heterocycles. The molecule has 0 aliphatic carbocycles. The average Bonchev–Trinajstić information content (AvgIpc) is 2.70. The highest BCUT2D eigenvalue weighted by Crippen LogP contribution is 2.19. The molecule has 0 aliphatic heterocycles. The van der Waals surface area contributed by atoms with Crippen molar-refractivity contribution in [2.75, 3.05) is 0 Å². The summed E-state index contributed by atoms with van der Waals surface area (Å²) in [7, 11) is 0. The summed E-state index contributed by atoms with van der Waals surface area (Å²) in [5.41, 5.74) is 0.571. The van der Waals surface area contributed by atoms with E-state index in [9.17, 15) is 4.39 Å². The van der Waals surface area contributed by atoms with Crippen LogP contribution in [0.3, 0.4) is 0 Å². The van der Waals surface area contributed by atoms with E-state index < -0.39 is 5.82 Å². The second-order valence-electron chi connectivity index (χ2n) is 2.74. The minimum Gasteiger partial charge on any atom is -0.205 e. The summed E-state index contributed by atoms with van der Waals surface area (Å²) in [6.07, 6.45) is 0. The number of alkyl halides is 1. The second kappa shape index (κ2) is 4.12. The lowest BCUT2D eigenvalue weighted by molar-refractivity contribution is 0.627. The summed E-state index contributed by atoms with van der Waals surface area (Å²) in [6.45, 7) is 0. The van der Waals surface area contributed by atoms with E-state index >= 15 is 0 Å². The summed E-state index contributed by atoms with van der Waals surface area (Å²) in [5, 5.41) is 10.9. The van der Waals surface area contributed by atoms with Gasteiger partial charge in [0.25, 0.3) is 0 Å². The molecule has 0 radical (unpaired) electrons. The minimum atomic E-state index is -0.485. The van der Waals surface area contributed by atoms with Crippen LogP contribution in [0.1, 0.15) is 5.82 Å². The quantitative estimate of drug-likeness (QED) is 0.764. The molecule has 0 aliphatic rings. The van der Waals surface area contributed by atoms with Crippen LogP contribution in [0.15, 0.2) is 18.2 Å². The number of benzene rings is 1. The zero-order valence-electron chi connectivity index (χ0n) is 7.36. The van der Waals surface area contributed by atoms with Crippen LogP contribution in [-0.2, 0) is 5.88 Å². The topological polar surface area (TPSA) is 43.6 Å². The molecule has 1 heterocycles. The molecule has 0 spiro atoms. The first kappa shape index (κ1) is 10.3. The monoisotopic (exact) mass is 246 g/mol. The Bertz CT molecular complexity index is 485. The molecule has 2 rings (SSSR count). The Morgan fingerprint density at radius 2 is 2.20 bits per heavy atom. The summed E-state index contributed by atoms with van der Waals surface area (Å²) >= 11 is 11.3. The van der Waals surface area contributed by atoms with Gasteiger partial charge in [-0.05, 0) is 28.6 Å². The predicted molar refractivity (Wildman–Crippen MR) is 53.7 cm³/mol. The van der Waals surface area contributed by atoms with Crippen molar-refractivity contribution in [2.24, 2.45) is 0 Å². The van der Waals surface area contributed by atoms with Crippen molar-refractivity contribution >= 4 is 23.2 Å². The van der Waals surface area contributed by atoms with Gasteiger partial charge in [0.05, 0.1) is 16.6 Å². The molecule has 7 heteroatoms. The molecule has 78 valence electrons. The van der Waals surface area contributed by atoms with E-state index in [0.29, 0.717) is 11.5 Å². The van der Waals surface area contributed by atoms with Crippen LogP contribution in [0.5, 0.6) is 0 Å². The standard InChI is InChI=1S/C8H5Cl2FN4/c9-4-8-12-13-14-15(8)5-1-2-7(11)6(10)3-5/h1-3H,4H2. The number of halogens is 3. The van der Waals surface area contributed by atoms with E-state index in [0.717, 1.165) is 0 Å². The number of hydrogen-bond donors (Lipinski definition) is 0. The van der Waals surface area contributed by atoms with Gasteiger partial charge in [0.15, 0.2) is 5.82 Å². The Labute approximate surface area is 94.6 Å². The summed E-state index contributed by atoms with van der Waals surface area (Å²) in [5.74, 6) is 0.155. The van der Waals surface area contributed by atoms with Crippen molar-refractivity contribution in [3.8, 4) is 5.69 Å². The molecule has 0 atom stereocenters. The van der Waals surface area contributed by atoms with Crippen LogP contribution in [0.25, 0.3) is 5.69 Å². The Hall–Kier alpha value is -1.20. The first-order valence-electron chi connectivity index (χ1n) is 4.01. The smallest absolute Gasteiger partial charge is 0.171 e. The summed E-state index contributed by atoms with van der Waals surface area (Å²) < 4.78 is 14.3. The van der Waals surface area contributed by atoms with Crippen molar-refractivity contribution in [1.82, 2.24) is 20.2 Å². The lowest BCUT2D eigenvalue weighted by Crippen LogP contribution is -2.01. The zero-order valence-corrected chi connectivity index (χ0v) is 8.87. The largest absolute Gasteiger partial charge is 0.205 e. The van der Waals surface area contributed by atoms with Gasteiger partial charge in [0.2, 0.25) is 0 Å². The van der Waals surface area contributed by atoms with Gasteiger partial charge in [-0.25, -0.2) is 4.39 Å². The number of rotatable bonds is 2. The second-order valence-corrected chi connectivity index (χ2v) is 3.41. The molecule has 0 saturated carbocycles. The van der Waals surface area contributed by atoms with Gasteiger partial charge in [0.1, 0.15) is 5.82 Å². The van der Waals surface area contributed by atoms with Gasteiger partial charge in [-0.3, -0.25) is 0 Å². The van der Waals surface area contributed by atoms with Crippen LogP contribution in [0.4, 0.5) is 4.39 Å². The fraction of sp³-hybridized carbons (Fsp3) is 0.125. The number of nitrogens with zero attached hydrogens (tertiary/aromatic N) is 4. The molecule has 15 heavy (non-hydrogen) atoms. The fourth-order valence-electron chi connectivity index (χ4n) is 1.11. The predicted octanol–water partition coefficient (Wildman–Crippen LogP) is 2.19. The third-order valence-electron chi connectivity index (χ3n) is 1.80. The molecule has 2 aromatic rings. The fourth-order valence-corrected chi connectivity index (χ4v) is 1.45. The molecule has 1 aromatic heterocycles. The van der Waals surface area contributed by atoms with Crippen molar-refractivity contribution < 1.29 is 4.39 Å². The Balaban J connectivity index is 2.50. The summed E-state index contributed by atoms with van der Waals surface area (Å²) in [4.78, 5) is 0. The van der Waals surface area contributed by atoms with Crippen LogP contribution in [0, 0.1) is 5.82 Å². The molecule has 0 fully saturated rings. The van der Waals surface area contributed by atoms with Gasteiger partial charge in [0, 0.05) is 0 Å². The van der Waals surface area contributed by atoms with Gasteiger partial charge in [-0.15, -0.1) is 16.7 Å². The molecule has 0 amide bonds.